The van der Waals surface area contributed by atoms with E-state index >= 15 is 0 Å². The second-order valence-corrected chi connectivity index (χ2v) is 7.58. The predicted molar refractivity (Wildman–Crippen MR) is 107 cm³/mol. The summed E-state index contributed by atoms with van der Waals surface area (Å²) in [5, 5.41) is 0. The van der Waals surface area contributed by atoms with Crippen molar-refractivity contribution in [3.63, 3.8) is 0 Å². The summed E-state index contributed by atoms with van der Waals surface area (Å²) in [6.07, 6.45) is 7.05. The van der Waals surface area contributed by atoms with Crippen molar-refractivity contribution in [2.75, 3.05) is 39.9 Å². The fourth-order valence-corrected chi connectivity index (χ4v) is 3.91. The number of pyridine rings is 1. The van der Waals surface area contributed by atoms with Crippen LogP contribution in [0.5, 0.6) is 0 Å². The Bertz CT molecular complexity index is 874. The molecular formula is C21H27N5O3. The smallest absolute Gasteiger partial charge is 0.290 e. The number of rotatable bonds is 5. The van der Waals surface area contributed by atoms with Crippen LogP contribution in [0.4, 0.5) is 0 Å². The molecule has 8 nitrogen and oxygen atoms in total. The largest absolute Gasteiger partial charge is 0.378 e. The lowest BCUT2D eigenvalue weighted by molar-refractivity contribution is 0.0291. The first kappa shape index (κ1) is 19.6. The van der Waals surface area contributed by atoms with E-state index in [1.54, 1.807) is 29.2 Å². The third-order valence-electron chi connectivity index (χ3n) is 5.64. The molecule has 0 N–H and O–H groups in total. The minimum atomic E-state index is -0.120. The lowest BCUT2D eigenvalue weighted by Gasteiger charge is -2.27. The van der Waals surface area contributed by atoms with Gasteiger partial charge in [0.25, 0.3) is 11.8 Å². The van der Waals surface area contributed by atoms with Crippen LogP contribution in [0.1, 0.15) is 45.2 Å². The molecule has 0 atom stereocenters. The zero-order chi connectivity index (χ0) is 20.2. The summed E-state index contributed by atoms with van der Waals surface area (Å²) < 4.78 is 7.31. The number of carbonyl (C=O) groups is 2. The number of nitrogens with zero attached hydrogens (tertiary/aromatic N) is 5. The van der Waals surface area contributed by atoms with Gasteiger partial charge in [0.05, 0.1) is 18.9 Å². The first-order chi connectivity index (χ1) is 14.1. The van der Waals surface area contributed by atoms with Gasteiger partial charge in [0.2, 0.25) is 0 Å². The maximum absolute atomic E-state index is 13.1. The molecule has 8 heteroatoms. The van der Waals surface area contributed by atoms with E-state index in [1.807, 2.05) is 16.7 Å². The highest BCUT2D eigenvalue weighted by Gasteiger charge is 2.31. The van der Waals surface area contributed by atoms with Crippen LogP contribution in [-0.4, -0.2) is 76.0 Å². The molecule has 29 heavy (non-hydrogen) atoms. The summed E-state index contributed by atoms with van der Waals surface area (Å²) in [6.45, 7) is 3.54. The van der Waals surface area contributed by atoms with E-state index in [4.69, 9.17) is 4.74 Å². The Balaban J connectivity index is 1.54. The number of carbonyl (C=O) groups excluding carboxylic acids is 2. The number of hydrogen-bond acceptors (Lipinski definition) is 5. The van der Waals surface area contributed by atoms with Crippen LogP contribution in [0.15, 0.2) is 24.5 Å². The van der Waals surface area contributed by atoms with E-state index in [2.05, 4.69) is 9.97 Å². The summed E-state index contributed by atoms with van der Waals surface area (Å²) in [5.74, 6) is 0.174. The van der Waals surface area contributed by atoms with Crippen LogP contribution in [0.3, 0.4) is 0 Å². The van der Waals surface area contributed by atoms with Crippen LogP contribution < -0.4 is 0 Å². The predicted octanol–water partition coefficient (Wildman–Crippen LogP) is 1.40. The Hall–Kier alpha value is -2.74. The van der Waals surface area contributed by atoms with E-state index in [-0.39, 0.29) is 11.8 Å². The zero-order valence-electron chi connectivity index (χ0n) is 16.8. The molecular weight excluding hydrogens is 370 g/mol. The molecule has 4 rings (SSSR count). The summed E-state index contributed by atoms with van der Waals surface area (Å²) in [5.41, 5.74) is 2.46. The van der Waals surface area contributed by atoms with Crippen LogP contribution in [0, 0.1) is 0 Å². The van der Waals surface area contributed by atoms with E-state index in [9.17, 15) is 9.59 Å². The van der Waals surface area contributed by atoms with E-state index < -0.39 is 0 Å². The van der Waals surface area contributed by atoms with Gasteiger partial charge < -0.3 is 19.1 Å². The number of amides is 2. The van der Waals surface area contributed by atoms with Crippen molar-refractivity contribution < 1.29 is 14.3 Å². The molecule has 0 spiro atoms. The van der Waals surface area contributed by atoms with Crippen LogP contribution in [0.25, 0.3) is 0 Å². The molecule has 0 radical (unpaired) electrons. The number of morpholine rings is 1. The summed E-state index contributed by atoms with van der Waals surface area (Å²) in [6, 6.07) is 3.91. The molecule has 0 bridgehead atoms. The van der Waals surface area contributed by atoms with Gasteiger partial charge in [-0.2, -0.15) is 0 Å². The monoisotopic (exact) mass is 397 g/mol. The minimum Gasteiger partial charge on any atom is -0.378 e. The van der Waals surface area contributed by atoms with Crippen molar-refractivity contribution in [1.82, 2.24) is 24.3 Å². The highest BCUT2D eigenvalue weighted by Crippen LogP contribution is 2.23. The van der Waals surface area contributed by atoms with Crippen molar-refractivity contribution in [2.45, 2.75) is 32.2 Å². The SMILES string of the molecule is CN(CCc1ccncc1)C(=O)c1nc(C(=O)N2CCOCC2)n2c1CCCC2. The van der Waals surface area contributed by atoms with Gasteiger partial charge in [-0.3, -0.25) is 14.6 Å². The summed E-state index contributed by atoms with van der Waals surface area (Å²) in [4.78, 5) is 38.3. The number of hydrogen-bond donors (Lipinski definition) is 0. The highest BCUT2D eigenvalue weighted by atomic mass is 16.5. The van der Waals surface area contributed by atoms with Crippen LogP contribution in [0.2, 0.25) is 0 Å². The Morgan fingerprint density at radius 3 is 2.66 bits per heavy atom. The topological polar surface area (TPSA) is 80.6 Å². The minimum absolute atomic E-state index is 0.102. The standard InChI is InChI=1S/C21H27N5O3/c1-24(11-7-16-5-8-22-9-6-16)20(27)18-17-4-2-3-10-26(17)19(23-18)21(28)25-12-14-29-15-13-25/h5-6,8-9H,2-4,7,10-15H2,1H3. The van der Waals surface area contributed by atoms with Gasteiger partial charge in [0.15, 0.2) is 5.82 Å². The Morgan fingerprint density at radius 1 is 1.14 bits per heavy atom. The molecule has 0 aromatic carbocycles. The third-order valence-corrected chi connectivity index (χ3v) is 5.64. The molecule has 1 saturated heterocycles. The van der Waals surface area contributed by atoms with Crippen molar-refractivity contribution in [2.24, 2.45) is 0 Å². The molecule has 1 fully saturated rings. The molecule has 2 aliphatic heterocycles. The number of aromatic nitrogens is 3. The van der Waals surface area contributed by atoms with Crippen molar-refractivity contribution in [1.29, 1.82) is 0 Å². The van der Waals surface area contributed by atoms with E-state index in [0.717, 1.165) is 43.5 Å². The fourth-order valence-electron chi connectivity index (χ4n) is 3.91. The molecule has 2 amide bonds. The molecule has 154 valence electrons. The maximum atomic E-state index is 13.1. The van der Waals surface area contributed by atoms with Crippen molar-refractivity contribution in [3.8, 4) is 0 Å². The molecule has 0 unspecified atom stereocenters. The van der Waals surface area contributed by atoms with Crippen molar-refractivity contribution >= 4 is 11.8 Å². The van der Waals surface area contributed by atoms with Crippen LogP contribution in [-0.2, 0) is 24.1 Å². The highest BCUT2D eigenvalue weighted by molar-refractivity contribution is 5.97. The summed E-state index contributed by atoms with van der Waals surface area (Å²) >= 11 is 0. The van der Waals surface area contributed by atoms with Gasteiger partial charge in [-0.15, -0.1) is 0 Å². The van der Waals surface area contributed by atoms with Gasteiger partial charge >= 0.3 is 0 Å². The average molecular weight is 397 g/mol. The number of ether oxygens (including phenoxy) is 1. The third kappa shape index (κ3) is 4.17. The fraction of sp³-hybridized carbons (Fsp3) is 0.524. The molecule has 2 aliphatic rings. The maximum Gasteiger partial charge on any atom is 0.290 e. The molecule has 0 saturated carbocycles. The van der Waals surface area contributed by atoms with Gasteiger partial charge in [-0.25, -0.2) is 4.98 Å². The quantitative estimate of drug-likeness (QED) is 0.762. The Kier molecular flexibility index (Phi) is 5.89. The second kappa shape index (κ2) is 8.73. The normalized spacial score (nSPS) is 16.4. The van der Waals surface area contributed by atoms with Gasteiger partial charge in [-0.1, -0.05) is 0 Å². The van der Waals surface area contributed by atoms with Crippen LogP contribution >= 0.6 is 0 Å². The lowest BCUT2D eigenvalue weighted by Crippen LogP contribution is -2.42. The Labute approximate surface area is 170 Å². The zero-order valence-corrected chi connectivity index (χ0v) is 16.8. The molecule has 4 heterocycles. The number of imidazole rings is 1. The Morgan fingerprint density at radius 2 is 1.90 bits per heavy atom. The molecule has 2 aromatic rings. The van der Waals surface area contributed by atoms with E-state index in [1.165, 1.54) is 0 Å². The van der Waals surface area contributed by atoms with Gasteiger partial charge in [0.1, 0.15) is 5.69 Å². The summed E-state index contributed by atoms with van der Waals surface area (Å²) in [7, 11) is 1.79. The van der Waals surface area contributed by atoms with Gasteiger partial charge in [0, 0.05) is 45.6 Å². The lowest BCUT2D eigenvalue weighted by atomic mass is 10.1. The average Bonchev–Trinajstić information content (AvgIpc) is 3.17. The number of fused-ring (bicyclic) bond motifs is 1. The first-order valence-electron chi connectivity index (χ1n) is 10.3. The number of likely N-dealkylation sites (N-methyl/N-ethyl adjacent to an activating group) is 1. The van der Waals surface area contributed by atoms with Gasteiger partial charge in [-0.05, 0) is 43.4 Å². The first-order valence-corrected chi connectivity index (χ1v) is 10.3. The van der Waals surface area contributed by atoms with Crippen molar-refractivity contribution in [3.05, 3.63) is 47.3 Å². The van der Waals surface area contributed by atoms with E-state index in [0.29, 0.717) is 44.4 Å². The second-order valence-electron chi connectivity index (χ2n) is 7.58. The molecule has 0 aliphatic carbocycles. The molecule has 2 aromatic heterocycles.